The van der Waals surface area contributed by atoms with E-state index in [1.54, 1.807) is 0 Å². The van der Waals surface area contributed by atoms with Gasteiger partial charge in [-0.1, -0.05) is 33.1 Å². The van der Waals surface area contributed by atoms with Crippen LogP contribution in [0, 0.1) is 11.8 Å². The Morgan fingerprint density at radius 1 is 1.41 bits per heavy atom. The number of nitrogens with one attached hydrogen (secondary N) is 2. The van der Waals surface area contributed by atoms with Crippen molar-refractivity contribution in [1.82, 2.24) is 10.3 Å². The SMILES string of the molecule is CCCCCC(C)C(=O)OC12CC(CC1Nc1ccc(C(F)(F)F)cn1)C(C)N2. The van der Waals surface area contributed by atoms with E-state index in [0.29, 0.717) is 18.2 Å². The van der Waals surface area contributed by atoms with Gasteiger partial charge in [0, 0.05) is 18.7 Å². The number of unbranched alkanes of at least 4 members (excludes halogenated alkanes) is 2. The van der Waals surface area contributed by atoms with Crippen LogP contribution in [0.2, 0.25) is 0 Å². The molecule has 0 aromatic carbocycles. The lowest BCUT2D eigenvalue weighted by atomic mass is 9.99. The van der Waals surface area contributed by atoms with E-state index < -0.39 is 17.5 Å². The Balaban J connectivity index is 1.68. The molecule has 2 heterocycles. The van der Waals surface area contributed by atoms with Crippen LogP contribution in [0.15, 0.2) is 18.3 Å². The molecule has 0 amide bonds. The van der Waals surface area contributed by atoms with Gasteiger partial charge < -0.3 is 10.1 Å². The van der Waals surface area contributed by atoms with Gasteiger partial charge >= 0.3 is 12.1 Å². The number of piperidine rings is 1. The first kappa shape index (κ1) is 21.9. The van der Waals surface area contributed by atoms with Crippen molar-refractivity contribution in [3.05, 3.63) is 23.9 Å². The molecular weight excluding hydrogens is 383 g/mol. The molecule has 1 aliphatic carbocycles. The van der Waals surface area contributed by atoms with Gasteiger partial charge in [-0.05, 0) is 37.8 Å². The van der Waals surface area contributed by atoms with E-state index in [1.807, 2.05) is 6.92 Å². The number of hydrogen-bond acceptors (Lipinski definition) is 5. The Morgan fingerprint density at radius 3 is 2.76 bits per heavy atom. The molecule has 8 heteroatoms. The van der Waals surface area contributed by atoms with E-state index in [9.17, 15) is 18.0 Å². The maximum absolute atomic E-state index is 12.8. The standard InChI is InChI=1S/C21H30F3N3O2/c1-4-5-6-7-13(2)19(28)29-20-11-15(14(3)27-20)10-17(20)26-18-9-8-16(12-25-18)21(22,23)24/h8-9,12-15,17,27H,4-7,10-11H2,1-3H3,(H,25,26). The van der Waals surface area contributed by atoms with Gasteiger partial charge in [-0.2, -0.15) is 13.2 Å². The van der Waals surface area contributed by atoms with E-state index in [-0.39, 0.29) is 24.0 Å². The summed E-state index contributed by atoms with van der Waals surface area (Å²) < 4.78 is 44.3. The number of anilines is 1. The van der Waals surface area contributed by atoms with Crippen molar-refractivity contribution in [3.8, 4) is 0 Å². The van der Waals surface area contributed by atoms with Crippen molar-refractivity contribution in [2.45, 2.75) is 83.3 Å². The summed E-state index contributed by atoms with van der Waals surface area (Å²) in [4.78, 5) is 16.6. The van der Waals surface area contributed by atoms with Gasteiger partial charge in [0.05, 0.1) is 17.5 Å². The normalized spacial score (nSPS) is 29.7. The van der Waals surface area contributed by atoms with Crippen molar-refractivity contribution in [2.24, 2.45) is 11.8 Å². The first-order valence-electron chi connectivity index (χ1n) is 10.4. The average Bonchev–Trinajstić information content (AvgIpc) is 3.14. The second-order valence-electron chi connectivity index (χ2n) is 8.47. The molecule has 0 radical (unpaired) electrons. The fourth-order valence-corrected chi connectivity index (χ4v) is 4.39. The second kappa shape index (κ2) is 8.50. The van der Waals surface area contributed by atoms with Crippen LogP contribution in [0.25, 0.3) is 0 Å². The van der Waals surface area contributed by atoms with Crippen molar-refractivity contribution < 1.29 is 22.7 Å². The quantitative estimate of drug-likeness (QED) is 0.476. The molecule has 1 saturated carbocycles. The number of alkyl halides is 3. The number of rotatable bonds is 8. The largest absolute Gasteiger partial charge is 0.441 e. The van der Waals surface area contributed by atoms with E-state index >= 15 is 0 Å². The molecule has 1 saturated heterocycles. The second-order valence-corrected chi connectivity index (χ2v) is 8.47. The average molecular weight is 413 g/mol. The van der Waals surface area contributed by atoms with Crippen molar-refractivity contribution >= 4 is 11.8 Å². The minimum atomic E-state index is -4.42. The van der Waals surface area contributed by atoms with Crippen LogP contribution in [0.1, 0.15) is 64.9 Å². The number of fused-ring (bicyclic) bond motifs is 2. The fourth-order valence-electron chi connectivity index (χ4n) is 4.39. The summed E-state index contributed by atoms with van der Waals surface area (Å²) in [7, 11) is 0. The predicted octanol–water partition coefficient (Wildman–Crippen LogP) is 4.74. The number of pyridine rings is 1. The van der Waals surface area contributed by atoms with Crippen LogP contribution >= 0.6 is 0 Å². The molecular formula is C21H30F3N3O2. The number of carbonyl (C=O) groups excluding carboxylic acids is 1. The zero-order valence-corrected chi connectivity index (χ0v) is 17.2. The van der Waals surface area contributed by atoms with Gasteiger partial charge in [0.2, 0.25) is 0 Å². The molecule has 2 aliphatic rings. The third-order valence-corrected chi connectivity index (χ3v) is 6.18. The molecule has 1 aromatic rings. The Kier molecular flexibility index (Phi) is 6.41. The molecule has 2 bridgehead atoms. The van der Waals surface area contributed by atoms with Gasteiger partial charge in [-0.15, -0.1) is 0 Å². The van der Waals surface area contributed by atoms with E-state index in [0.717, 1.165) is 44.4 Å². The highest BCUT2D eigenvalue weighted by atomic mass is 19.4. The fraction of sp³-hybridized carbons (Fsp3) is 0.714. The maximum atomic E-state index is 12.8. The molecule has 5 nitrogen and oxygen atoms in total. The van der Waals surface area contributed by atoms with Crippen LogP contribution in [0.3, 0.4) is 0 Å². The van der Waals surface area contributed by atoms with E-state index in [4.69, 9.17) is 4.74 Å². The number of hydrogen-bond donors (Lipinski definition) is 2. The number of nitrogens with zero attached hydrogens (tertiary/aromatic N) is 1. The minimum Gasteiger partial charge on any atom is -0.441 e. The number of esters is 1. The minimum absolute atomic E-state index is 0.183. The molecule has 3 rings (SSSR count). The van der Waals surface area contributed by atoms with Crippen molar-refractivity contribution in [3.63, 3.8) is 0 Å². The van der Waals surface area contributed by atoms with Crippen LogP contribution in [0.5, 0.6) is 0 Å². The lowest BCUT2D eigenvalue weighted by molar-refractivity contribution is -0.167. The Morgan fingerprint density at radius 2 is 2.17 bits per heavy atom. The van der Waals surface area contributed by atoms with E-state index in [1.165, 1.54) is 6.07 Å². The summed E-state index contributed by atoms with van der Waals surface area (Å²) in [5.41, 5.74) is -1.63. The highest BCUT2D eigenvalue weighted by molar-refractivity contribution is 5.72. The van der Waals surface area contributed by atoms with Gasteiger partial charge in [0.25, 0.3) is 0 Å². The third kappa shape index (κ3) is 4.85. The molecule has 5 unspecified atom stereocenters. The summed E-state index contributed by atoms with van der Waals surface area (Å²) in [6.45, 7) is 6.08. The Bertz CT molecular complexity index is 706. The summed E-state index contributed by atoms with van der Waals surface area (Å²) in [6, 6.07) is 2.31. The molecule has 29 heavy (non-hydrogen) atoms. The highest BCUT2D eigenvalue weighted by Gasteiger charge is 2.58. The van der Waals surface area contributed by atoms with Crippen LogP contribution in [0.4, 0.5) is 19.0 Å². The van der Waals surface area contributed by atoms with Crippen molar-refractivity contribution in [1.29, 1.82) is 0 Å². The summed E-state index contributed by atoms with van der Waals surface area (Å²) in [6.07, 6.45) is 1.83. The molecule has 162 valence electrons. The topological polar surface area (TPSA) is 63.2 Å². The van der Waals surface area contributed by atoms with Gasteiger partial charge in [-0.3, -0.25) is 10.1 Å². The van der Waals surface area contributed by atoms with Crippen LogP contribution in [-0.2, 0) is 15.7 Å². The maximum Gasteiger partial charge on any atom is 0.417 e. The van der Waals surface area contributed by atoms with Gasteiger partial charge in [0.15, 0.2) is 5.72 Å². The summed E-state index contributed by atoms with van der Waals surface area (Å²) in [5.74, 6) is 0.273. The zero-order chi connectivity index (χ0) is 21.2. The Labute approximate surface area is 169 Å². The molecule has 1 aromatic heterocycles. The number of aromatic nitrogens is 1. The number of halogens is 3. The summed E-state index contributed by atoms with van der Waals surface area (Å²) in [5, 5.41) is 6.60. The lowest BCUT2D eigenvalue weighted by Gasteiger charge is -2.38. The number of carbonyl (C=O) groups is 1. The predicted molar refractivity (Wildman–Crippen MR) is 104 cm³/mol. The first-order valence-corrected chi connectivity index (χ1v) is 10.4. The third-order valence-electron chi connectivity index (χ3n) is 6.18. The molecule has 2 fully saturated rings. The molecule has 5 atom stereocenters. The van der Waals surface area contributed by atoms with Gasteiger partial charge in [0.1, 0.15) is 5.82 Å². The first-order chi connectivity index (χ1) is 13.6. The molecule has 2 N–H and O–H groups in total. The van der Waals surface area contributed by atoms with E-state index in [2.05, 4.69) is 29.5 Å². The van der Waals surface area contributed by atoms with Crippen LogP contribution < -0.4 is 10.6 Å². The zero-order valence-electron chi connectivity index (χ0n) is 17.2. The lowest BCUT2D eigenvalue weighted by Crippen LogP contribution is -2.59. The Hall–Kier alpha value is -1.83. The number of ether oxygens (including phenoxy) is 1. The van der Waals surface area contributed by atoms with Crippen LogP contribution in [-0.4, -0.2) is 28.8 Å². The van der Waals surface area contributed by atoms with Gasteiger partial charge in [-0.25, -0.2) is 4.98 Å². The smallest absolute Gasteiger partial charge is 0.417 e. The highest BCUT2D eigenvalue weighted by Crippen LogP contribution is 2.45. The van der Waals surface area contributed by atoms with Crippen molar-refractivity contribution in [2.75, 3.05) is 5.32 Å². The molecule has 0 spiro atoms. The summed E-state index contributed by atoms with van der Waals surface area (Å²) >= 11 is 0. The monoisotopic (exact) mass is 413 g/mol. The molecule has 1 aliphatic heterocycles.